The van der Waals surface area contributed by atoms with Gasteiger partial charge in [0.15, 0.2) is 11.5 Å². The van der Waals surface area contributed by atoms with Gasteiger partial charge < -0.3 is 24.4 Å². The van der Waals surface area contributed by atoms with Gasteiger partial charge >= 0.3 is 0 Å². The van der Waals surface area contributed by atoms with Crippen LogP contribution in [0, 0.1) is 11.3 Å². The van der Waals surface area contributed by atoms with Gasteiger partial charge in [-0.1, -0.05) is 0 Å². The molecule has 0 spiro atoms. The molecule has 0 radical (unpaired) electrons. The zero-order chi connectivity index (χ0) is 22.2. The van der Waals surface area contributed by atoms with Crippen molar-refractivity contribution in [2.24, 2.45) is 0 Å². The third kappa shape index (κ3) is 5.55. The number of nitriles is 1. The predicted molar refractivity (Wildman–Crippen MR) is 117 cm³/mol. The molecule has 9 heteroatoms. The molecule has 2 heterocycles. The summed E-state index contributed by atoms with van der Waals surface area (Å²) in [6, 6.07) is 9.07. The number of benzene rings is 1. The van der Waals surface area contributed by atoms with Crippen molar-refractivity contribution < 1.29 is 19.0 Å². The zero-order valence-electron chi connectivity index (χ0n) is 18.1. The lowest BCUT2D eigenvalue weighted by atomic mass is 10.2. The third-order valence-electron chi connectivity index (χ3n) is 5.17. The van der Waals surface area contributed by atoms with Crippen LogP contribution in [0.5, 0.6) is 17.2 Å². The normalized spacial score (nSPS) is 13.9. The highest BCUT2D eigenvalue weighted by Gasteiger charge is 2.19. The van der Waals surface area contributed by atoms with Crippen molar-refractivity contribution in [1.29, 1.82) is 5.26 Å². The topological polar surface area (TPSA) is 100.0 Å². The van der Waals surface area contributed by atoms with Crippen molar-refractivity contribution in [3.05, 3.63) is 36.0 Å². The molecule has 0 saturated carbocycles. The lowest BCUT2D eigenvalue weighted by molar-refractivity contribution is -0.116. The Balaban J connectivity index is 1.50. The van der Waals surface area contributed by atoms with Crippen molar-refractivity contribution in [2.45, 2.75) is 6.42 Å². The Morgan fingerprint density at radius 1 is 1.10 bits per heavy atom. The summed E-state index contributed by atoms with van der Waals surface area (Å²) in [7, 11) is 4.61. The van der Waals surface area contributed by atoms with Crippen molar-refractivity contribution in [3.8, 4) is 23.3 Å². The average molecular weight is 425 g/mol. The molecule has 0 aliphatic carbocycles. The number of rotatable bonds is 8. The number of methoxy groups -OCH3 is 3. The van der Waals surface area contributed by atoms with Gasteiger partial charge in [-0.3, -0.25) is 9.69 Å². The molecule has 1 saturated heterocycles. The van der Waals surface area contributed by atoms with E-state index in [1.54, 1.807) is 30.5 Å². The largest absolute Gasteiger partial charge is 0.493 e. The Labute approximate surface area is 182 Å². The van der Waals surface area contributed by atoms with Gasteiger partial charge in [-0.25, -0.2) is 4.98 Å². The predicted octanol–water partition coefficient (Wildman–Crippen LogP) is 2.13. The van der Waals surface area contributed by atoms with Gasteiger partial charge in [0.25, 0.3) is 0 Å². The molecule has 0 bridgehead atoms. The first-order valence-electron chi connectivity index (χ1n) is 10.0. The van der Waals surface area contributed by atoms with E-state index in [9.17, 15) is 4.79 Å². The molecule has 9 nitrogen and oxygen atoms in total. The van der Waals surface area contributed by atoms with E-state index < -0.39 is 0 Å². The number of hydrogen-bond donors (Lipinski definition) is 1. The Morgan fingerprint density at radius 2 is 1.77 bits per heavy atom. The second-order valence-corrected chi connectivity index (χ2v) is 7.06. The molecule has 0 unspecified atom stereocenters. The number of carbonyl (C=O) groups excluding carboxylic acids is 1. The van der Waals surface area contributed by atoms with Crippen LogP contribution in [0.1, 0.15) is 12.0 Å². The van der Waals surface area contributed by atoms with Gasteiger partial charge in [0.05, 0.1) is 33.0 Å². The van der Waals surface area contributed by atoms with Gasteiger partial charge in [-0.2, -0.15) is 5.26 Å². The molecular weight excluding hydrogens is 398 g/mol. The maximum Gasteiger partial charge on any atom is 0.225 e. The quantitative estimate of drug-likeness (QED) is 0.687. The minimum Gasteiger partial charge on any atom is -0.493 e. The van der Waals surface area contributed by atoms with E-state index in [1.807, 2.05) is 0 Å². The molecular formula is C22H27N5O4. The summed E-state index contributed by atoms with van der Waals surface area (Å²) >= 11 is 0. The van der Waals surface area contributed by atoms with E-state index in [-0.39, 0.29) is 5.91 Å². The van der Waals surface area contributed by atoms with E-state index in [4.69, 9.17) is 19.5 Å². The summed E-state index contributed by atoms with van der Waals surface area (Å²) in [5.74, 6) is 2.19. The van der Waals surface area contributed by atoms with Gasteiger partial charge in [-0.15, -0.1) is 0 Å². The highest BCUT2D eigenvalue weighted by atomic mass is 16.5. The molecule has 164 valence electrons. The minimum absolute atomic E-state index is 0.0832. The minimum atomic E-state index is -0.0832. The molecule has 1 fully saturated rings. The van der Waals surface area contributed by atoms with Gasteiger partial charge in [-0.05, 0) is 12.1 Å². The average Bonchev–Trinajstić information content (AvgIpc) is 2.82. The standard InChI is InChI=1S/C22H27N5O4/c1-29-18-13-17(14-19(30-2)22(18)31-3)25-21(28)5-7-26-8-10-27(11-9-26)20-12-16(15-23)4-6-24-20/h4,6,12-14H,5,7-11H2,1-3H3,(H,25,28). The van der Waals surface area contributed by atoms with Crippen LogP contribution < -0.4 is 24.4 Å². The molecule has 31 heavy (non-hydrogen) atoms. The maximum absolute atomic E-state index is 12.5. The molecule has 1 aliphatic rings. The Kier molecular flexibility index (Phi) is 7.51. The van der Waals surface area contributed by atoms with Crippen molar-refractivity contribution in [3.63, 3.8) is 0 Å². The van der Waals surface area contributed by atoms with Crippen LogP contribution in [0.25, 0.3) is 0 Å². The SMILES string of the molecule is COc1cc(NC(=O)CCN2CCN(c3cc(C#N)ccn3)CC2)cc(OC)c1OC. The second-order valence-electron chi connectivity index (χ2n) is 7.06. The number of hydrogen-bond acceptors (Lipinski definition) is 8. The fourth-order valence-electron chi connectivity index (χ4n) is 3.50. The smallest absolute Gasteiger partial charge is 0.225 e. The summed E-state index contributed by atoms with van der Waals surface area (Å²) in [5, 5.41) is 11.9. The molecule has 1 N–H and O–H groups in total. The summed E-state index contributed by atoms with van der Waals surface area (Å²) in [5.41, 5.74) is 1.20. The van der Waals surface area contributed by atoms with Crippen molar-refractivity contribution >= 4 is 17.4 Å². The van der Waals surface area contributed by atoms with Crippen molar-refractivity contribution in [1.82, 2.24) is 9.88 Å². The Morgan fingerprint density at radius 3 is 2.35 bits per heavy atom. The first kappa shape index (κ1) is 22.2. The number of carbonyl (C=O) groups is 1. The molecule has 1 amide bonds. The monoisotopic (exact) mass is 425 g/mol. The first-order valence-corrected chi connectivity index (χ1v) is 10.0. The fraction of sp³-hybridized carbons (Fsp3) is 0.409. The zero-order valence-corrected chi connectivity index (χ0v) is 18.1. The summed E-state index contributed by atoms with van der Waals surface area (Å²) in [6.07, 6.45) is 2.03. The highest BCUT2D eigenvalue weighted by Crippen LogP contribution is 2.39. The fourth-order valence-corrected chi connectivity index (χ4v) is 3.50. The van der Waals surface area contributed by atoms with Crippen LogP contribution in [0.3, 0.4) is 0 Å². The van der Waals surface area contributed by atoms with Crippen LogP contribution in [-0.4, -0.2) is 69.8 Å². The summed E-state index contributed by atoms with van der Waals surface area (Å²) < 4.78 is 16.0. The van der Waals surface area contributed by atoms with E-state index in [0.29, 0.717) is 41.5 Å². The third-order valence-corrected chi connectivity index (χ3v) is 5.17. The van der Waals surface area contributed by atoms with Gasteiger partial charge in [0.2, 0.25) is 11.7 Å². The van der Waals surface area contributed by atoms with Crippen LogP contribution >= 0.6 is 0 Å². The van der Waals surface area contributed by atoms with Gasteiger partial charge in [0.1, 0.15) is 5.82 Å². The molecule has 0 atom stereocenters. The molecule has 2 aromatic rings. The number of amides is 1. The number of pyridine rings is 1. The molecule has 3 rings (SSSR count). The van der Waals surface area contributed by atoms with Crippen LogP contribution in [0.4, 0.5) is 11.5 Å². The lowest BCUT2D eigenvalue weighted by Gasteiger charge is -2.35. The summed E-state index contributed by atoms with van der Waals surface area (Å²) in [6.45, 7) is 3.92. The molecule has 1 aromatic carbocycles. The number of ether oxygens (including phenoxy) is 3. The second kappa shape index (κ2) is 10.5. The Hall–Kier alpha value is -3.51. The molecule has 1 aromatic heterocycles. The number of nitrogens with one attached hydrogen (secondary N) is 1. The van der Waals surface area contributed by atoms with Crippen molar-refractivity contribution in [2.75, 3.05) is 64.3 Å². The maximum atomic E-state index is 12.5. The molecule has 1 aliphatic heterocycles. The first-order chi connectivity index (χ1) is 15.1. The van der Waals surface area contributed by atoms with E-state index >= 15 is 0 Å². The lowest BCUT2D eigenvalue weighted by Crippen LogP contribution is -2.47. The van der Waals surface area contributed by atoms with Gasteiger partial charge in [0, 0.05) is 63.2 Å². The Bertz CT molecular complexity index is 926. The van der Waals surface area contributed by atoms with Crippen LogP contribution in [0.2, 0.25) is 0 Å². The number of piperazine rings is 1. The number of anilines is 2. The number of nitrogens with zero attached hydrogens (tertiary/aromatic N) is 4. The van der Waals surface area contributed by atoms with E-state index in [0.717, 1.165) is 32.0 Å². The highest BCUT2D eigenvalue weighted by molar-refractivity contribution is 5.91. The van der Waals surface area contributed by atoms with E-state index in [1.165, 1.54) is 21.3 Å². The number of aromatic nitrogens is 1. The van der Waals surface area contributed by atoms with Crippen LogP contribution in [-0.2, 0) is 4.79 Å². The van der Waals surface area contributed by atoms with Crippen LogP contribution in [0.15, 0.2) is 30.5 Å². The van der Waals surface area contributed by atoms with E-state index in [2.05, 4.69) is 26.2 Å². The summed E-state index contributed by atoms with van der Waals surface area (Å²) in [4.78, 5) is 21.2.